The van der Waals surface area contributed by atoms with E-state index in [4.69, 9.17) is 4.52 Å². The Morgan fingerprint density at radius 2 is 2.08 bits per heavy atom. The fourth-order valence-electron chi connectivity index (χ4n) is 2.36. The summed E-state index contributed by atoms with van der Waals surface area (Å²) in [6.07, 6.45) is 7.00. The molecule has 0 unspecified atom stereocenters. The number of imidazole rings is 1. The molecule has 1 amide bonds. The summed E-state index contributed by atoms with van der Waals surface area (Å²) in [7, 11) is 0. The van der Waals surface area contributed by atoms with Crippen LogP contribution in [0.15, 0.2) is 35.4 Å². The minimum atomic E-state index is -0.177. The molecule has 26 heavy (non-hydrogen) atoms. The SMILES string of the molecule is CC(C)(C)c1noc(-c2ccc(-n3cnc(C(=O)NC4CC4)c3)nc2)n1. The normalized spacial score (nSPS) is 14.4. The third kappa shape index (κ3) is 3.35. The maximum atomic E-state index is 12.0. The lowest BCUT2D eigenvalue weighted by molar-refractivity contribution is 0.0946. The first-order valence-corrected chi connectivity index (χ1v) is 8.56. The van der Waals surface area contributed by atoms with Crippen LogP contribution in [0.3, 0.4) is 0 Å². The Kier molecular flexibility index (Phi) is 3.82. The first kappa shape index (κ1) is 16.4. The molecule has 3 aromatic rings. The van der Waals surface area contributed by atoms with Crippen LogP contribution in [-0.2, 0) is 5.41 Å². The van der Waals surface area contributed by atoms with Gasteiger partial charge in [-0.15, -0.1) is 0 Å². The molecule has 4 rings (SSSR count). The molecule has 0 radical (unpaired) electrons. The summed E-state index contributed by atoms with van der Waals surface area (Å²) in [4.78, 5) is 25.0. The van der Waals surface area contributed by atoms with Crippen molar-refractivity contribution in [2.75, 3.05) is 0 Å². The van der Waals surface area contributed by atoms with Gasteiger partial charge < -0.3 is 9.84 Å². The highest BCUT2D eigenvalue weighted by Crippen LogP contribution is 2.23. The highest BCUT2D eigenvalue weighted by molar-refractivity contribution is 5.92. The number of nitrogens with zero attached hydrogens (tertiary/aromatic N) is 5. The van der Waals surface area contributed by atoms with Crippen molar-refractivity contribution >= 4 is 5.91 Å². The predicted molar refractivity (Wildman–Crippen MR) is 93.8 cm³/mol. The van der Waals surface area contributed by atoms with Gasteiger partial charge in [0.2, 0.25) is 0 Å². The fraction of sp³-hybridized carbons (Fsp3) is 0.389. The van der Waals surface area contributed by atoms with Crippen LogP contribution in [0.2, 0.25) is 0 Å². The molecule has 1 saturated carbocycles. The first-order chi connectivity index (χ1) is 12.4. The number of pyridine rings is 1. The number of amides is 1. The van der Waals surface area contributed by atoms with Crippen LogP contribution in [0.25, 0.3) is 17.3 Å². The molecule has 8 nitrogen and oxygen atoms in total. The average Bonchev–Trinajstić information content (AvgIpc) is 3.11. The highest BCUT2D eigenvalue weighted by Gasteiger charge is 2.25. The average molecular weight is 352 g/mol. The molecule has 3 aromatic heterocycles. The lowest BCUT2D eigenvalue weighted by Gasteiger charge is -2.10. The summed E-state index contributed by atoms with van der Waals surface area (Å²) >= 11 is 0. The number of carbonyl (C=O) groups excluding carboxylic acids is 1. The zero-order valence-electron chi connectivity index (χ0n) is 14.9. The molecule has 0 spiro atoms. The number of rotatable bonds is 4. The Labute approximate surface area is 150 Å². The van der Waals surface area contributed by atoms with E-state index in [1.807, 2.05) is 32.9 Å². The van der Waals surface area contributed by atoms with E-state index >= 15 is 0 Å². The van der Waals surface area contributed by atoms with E-state index in [0.29, 0.717) is 29.3 Å². The lowest BCUT2D eigenvalue weighted by atomic mass is 9.96. The van der Waals surface area contributed by atoms with Crippen LogP contribution >= 0.6 is 0 Å². The molecule has 1 aliphatic rings. The molecule has 0 bridgehead atoms. The smallest absolute Gasteiger partial charge is 0.271 e. The van der Waals surface area contributed by atoms with Crippen LogP contribution in [0.4, 0.5) is 0 Å². The largest absolute Gasteiger partial charge is 0.348 e. The third-order valence-corrected chi connectivity index (χ3v) is 4.08. The van der Waals surface area contributed by atoms with Crippen LogP contribution < -0.4 is 5.32 Å². The molecule has 0 aliphatic heterocycles. The standard InChI is InChI=1S/C18H20N6O2/c1-18(2,3)17-22-16(26-23-17)11-4-7-14(19-8-11)24-9-13(20-10-24)15(25)21-12-5-6-12/h4,7-10,12H,5-6H2,1-3H3,(H,21,25). The zero-order valence-corrected chi connectivity index (χ0v) is 14.9. The fourth-order valence-corrected chi connectivity index (χ4v) is 2.36. The summed E-state index contributed by atoms with van der Waals surface area (Å²) in [5.74, 6) is 1.59. The molecule has 3 heterocycles. The van der Waals surface area contributed by atoms with Gasteiger partial charge in [0.25, 0.3) is 11.8 Å². The maximum absolute atomic E-state index is 12.0. The number of carbonyl (C=O) groups is 1. The van der Waals surface area contributed by atoms with E-state index in [0.717, 1.165) is 18.4 Å². The molecule has 0 saturated heterocycles. The van der Waals surface area contributed by atoms with Crippen LogP contribution in [0.5, 0.6) is 0 Å². The summed E-state index contributed by atoms with van der Waals surface area (Å²) in [6.45, 7) is 6.08. The first-order valence-electron chi connectivity index (χ1n) is 8.56. The van der Waals surface area contributed by atoms with Crippen molar-refractivity contribution in [3.63, 3.8) is 0 Å². The van der Waals surface area contributed by atoms with Gasteiger partial charge in [0.15, 0.2) is 5.82 Å². The second-order valence-corrected chi connectivity index (χ2v) is 7.49. The quantitative estimate of drug-likeness (QED) is 0.774. The minimum absolute atomic E-state index is 0.150. The Morgan fingerprint density at radius 1 is 1.27 bits per heavy atom. The van der Waals surface area contributed by atoms with Crippen molar-refractivity contribution in [2.24, 2.45) is 0 Å². The zero-order chi connectivity index (χ0) is 18.3. The summed E-state index contributed by atoms with van der Waals surface area (Å²) < 4.78 is 7.04. The van der Waals surface area contributed by atoms with Gasteiger partial charge in [0, 0.05) is 23.9 Å². The van der Waals surface area contributed by atoms with Crippen molar-refractivity contribution in [1.29, 1.82) is 0 Å². The van der Waals surface area contributed by atoms with E-state index in [1.54, 1.807) is 23.3 Å². The second-order valence-electron chi connectivity index (χ2n) is 7.49. The van der Waals surface area contributed by atoms with Gasteiger partial charge in [-0.3, -0.25) is 9.36 Å². The van der Waals surface area contributed by atoms with Gasteiger partial charge in [-0.25, -0.2) is 9.97 Å². The van der Waals surface area contributed by atoms with Gasteiger partial charge in [-0.05, 0) is 25.0 Å². The molecular weight excluding hydrogens is 332 g/mol. The number of hydrogen-bond acceptors (Lipinski definition) is 6. The van der Waals surface area contributed by atoms with E-state index in [2.05, 4.69) is 25.4 Å². The van der Waals surface area contributed by atoms with Crippen LogP contribution in [-0.4, -0.2) is 36.6 Å². The van der Waals surface area contributed by atoms with Gasteiger partial charge in [0.1, 0.15) is 17.8 Å². The lowest BCUT2D eigenvalue weighted by Crippen LogP contribution is -2.25. The van der Waals surface area contributed by atoms with Crippen molar-refractivity contribution < 1.29 is 9.32 Å². The van der Waals surface area contributed by atoms with Crippen molar-refractivity contribution in [3.05, 3.63) is 42.4 Å². The van der Waals surface area contributed by atoms with Crippen molar-refractivity contribution in [3.8, 4) is 17.3 Å². The third-order valence-electron chi connectivity index (χ3n) is 4.08. The Balaban J connectivity index is 1.51. The van der Waals surface area contributed by atoms with Gasteiger partial charge in [0.05, 0.1) is 5.56 Å². The molecule has 1 N–H and O–H groups in total. The molecule has 1 aliphatic carbocycles. The molecule has 0 aromatic carbocycles. The molecule has 1 fully saturated rings. The molecular formula is C18H20N6O2. The van der Waals surface area contributed by atoms with Crippen molar-refractivity contribution in [2.45, 2.75) is 45.1 Å². The number of hydrogen-bond donors (Lipinski definition) is 1. The van der Waals surface area contributed by atoms with Crippen LogP contribution in [0.1, 0.15) is 49.9 Å². The maximum Gasteiger partial charge on any atom is 0.271 e. The Hall–Kier alpha value is -3.03. The van der Waals surface area contributed by atoms with Crippen molar-refractivity contribution in [1.82, 2.24) is 30.0 Å². The topological polar surface area (TPSA) is 98.7 Å². The van der Waals surface area contributed by atoms with E-state index < -0.39 is 0 Å². The Bertz CT molecular complexity index is 931. The number of aromatic nitrogens is 5. The highest BCUT2D eigenvalue weighted by atomic mass is 16.5. The predicted octanol–water partition coefficient (Wildman–Crippen LogP) is 2.51. The van der Waals surface area contributed by atoms with Gasteiger partial charge in [-0.1, -0.05) is 25.9 Å². The molecule has 134 valence electrons. The minimum Gasteiger partial charge on any atom is -0.348 e. The van der Waals surface area contributed by atoms with Gasteiger partial charge in [-0.2, -0.15) is 4.98 Å². The summed E-state index contributed by atoms with van der Waals surface area (Å²) in [6, 6.07) is 3.98. The summed E-state index contributed by atoms with van der Waals surface area (Å²) in [5.41, 5.74) is 0.946. The van der Waals surface area contributed by atoms with E-state index in [-0.39, 0.29) is 11.3 Å². The summed E-state index contributed by atoms with van der Waals surface area (Å²) in [5, 5.41) is 6.94. The number of nitrogens with one attached hydrogen (secondary N) is 1. The van der Waals surface area contributed by atoms with E-state index in [1.165, 1.54) is 0 Å². The van der Waals surface area contributed by atoms with Crippen LogP contribution in [0, 0.1) is 0 Å². The van der Waals surface area contributed by atoms with Gasteiger partial charge >= 0.3 is 0 Å². The second kappa shape index (κ2) is 6.05. The van der Waals surface area contributed by atoms with E-state index in [9.17, 15) is 4.79 Å². The Morgan fingerprint density at radius 3 is 2.69 bits per heavy atom. The monoisotopic (exact) mass is 352 g/mol. The molecule has 8 heteroatoms. The molecule has 0 atom stereocenters.